The van der Waals surface area contributed by atoms with Crippen LogP contribution in [0.4, 0.5) is 60.6 Å². The number of ether oxygens (including phenoxy) is 2. The number of nitrogen functional groups attached to an aromatic ring is 1. The van der Waals surface area contributed by atoms with Crippen molar-refractivity contribution >= 4 is 122 Å². The van der Waals surface area contributed by atoms with Crippen LogP contribution >= 0.6 is 92.8 Å². The zero-order valence-corrected chi connectivity index (χ0v) is 27.0. The second-order valence-corrected chi connectivity index (χ2v) is 13.9. The van der Waals surface area contributed by atoms with Crippen LogP contribution in [0.2, 0.25) is 10.0 Å². The fourth-order valence-electron chi connectivity index (χ4n) is 2.85. The van der Waals surface area contributed by atoms with Crippen LogP contribution < -0.4 is 5.73 Å². The number of benzene rings is 1. The normalized spacial score (nSPS) is 13.5. The van der Waals surface area contributed by atoms with Crippen molar-refractivity contribution in [1.82, 2.24) is 14.9 Å². The second-order valence-electron chi connectivity index (χ2n) is 8.05. The number of imide groups is 1. The number of rotatable bonds is 4. The van der Waals surface area contributed by atoms with Crippen molar-refractivity contribution < 1.29 is 58.6 Å². The number of halogens is 17. The lowest BCUT2D eigenvalue weighted by Gasteiger charge is -2.26. The molecule has 2 N–H and O–H groups in total. The summed E-state index contributed by atoms with van der Waals surface area (Å²) in [5.41, 5.74) is -1.67. The highest BCUT2D eigenvalue weighted by Gasteiger charge is 2.47. The van der Waals surface area contributed by atoms with Gasteiger partial charge in [0.05, 0.1) is 21.2 Å². The SMILES string of the molecule is Nc1nc(C(F)(F)F)nc(C(F)(F)F)c1C(=Nc1c(Cl)cc(C(F)(F)F)cc1Cl)N(C(=O)OCC(Cl)(Cl)Cl)C(=O)OCC(Cl)(Cl)Cl. The Labute approximate surface area is 289 Å². The van der Waals surface area contributed by atoms with Crippen molar-refractivity contribution in [2.45, 2.75) is 26.1 Å². The Morgan fingerprint density at radius 2 is 1.20 bits per heavy atom. The van der Waals surface area contributed by atoms with E-state index in [4.69, 9.17) is 98.5 Å². The minimum Gasteiger partial charge on any atom is -0.444 e. The van der Waals surface area contributed by atoms with Crippen LogP contribution in [0.25, 0.3) is 0 Å². The number of anilines is 1. The van der Waals surface area contributed by atoms with Gasteiger partial charge in [-0.05, 0) is 12.1 Å². The number of aromatic nitrogens is 2. The Morgan fingerprint density at radius 1 is 0.761 bits per heavy atom. The lowest BCUT2D eigenvalue weighted by molar-refractivity contribution is -0.152. The number of amidine groups is 1. The third kappa shape index (κ3) is 11.1. The molecule has 9 nitrogen and oxygen atoms in total. The quantitative estimate of drug-likeness (QED) is 0.141. The van der Waals surface area contributed by atoms with Crippen LogP contribution in [-0.4, -0.2) is 53.7 Å². The van der Waals surface area contributed by atoms with Crippen LogP contribution in [0.5, 0.6) is 0 Å². The maximum absolute atomic E-state index is 14.2. The fourth-order valence-corrected chi connectivity index (χ4v) is 3.75. The average Bonchev–Trinajstić information content (AvgIpc) is 2.84. The van der Waals surface area contributed by atoms with Gasteiger partial charge < -0.3 is 15.2 Å². The van der Waals surface area contributed by atoms with Crippen LogP contribution in [-0.2, 0) is 28.0 Å². The largest absolute Gasteiger partial charge is 0.451 e. The van der Waals surface area contributed by atoms with E-state index in [9.17, 15) is 49.1 Å². The summed E-state index contributed by atoms with van der Waals surface area (Å²) in [7, 11) is 0. The Bertz CT molecular complexity index is 1470. The van der Waals surface area contributed by atoms with Gasteiger partial charge in [0.2, 0.25) is 13.4 Å². The number of hydrogen-bond donors (Lipinski definition) is 1. The Balaban J connectivity index is 3.13. The molecule has 0 radical (unpaired) electrons. The highest BCUT2D eigenvalue weighted by molar-refractivity contribution is 6.68. The molecule has 1 aromatic carbocycles. The summed E-state index contributed by atoms with van der Waals surface area (Å²) < 4.78 is 127. The van der Waals surface area contributed by atoms with E-state index < -0.39 is 106 Å². The minimum absolute atomic E-state index is 0.161. The summed E-state index contributed by atoms with van der Waals surface area (Å²) in [4.78, 5) is 34.2. The van der Waals surface area contributed by atoms with Gasteiger partial charge in [0.15, 0.2) is 11.5 Å². The summed E-state index contributed by atoms with van der Waals surface area (Å²) in [6.07, 6.45) is -21.0. The number of alkyl halides is 15. The average molecular weight is 837 g/mol. The van der Waals surface area contributed by atoms with E-state index in [0.717, 1.165) is 0 Å². The van der Waals surface area contributed by atoms with Gasteiger partial charge in [-0.2, -0.15) is 44.4 Å². The van der Waals surface area contributed by atoms with Crippen molar-refractivity contribution in [1.29, 1.82) is 0 Å². The molecule has 0 fully saturated rings. The molecule has 2 rings (SSSR count). The summed E-state index contributed by atoms with van der Waals surface area (Å²) in [5.74, 6) is -6.07. The lowest BCUT2D eigenvalue weighted by atomic mass is 10.1. The van der Waals surface area contributed by atoms with Crippen LogP contribution in [0, 0.1) is 0 Å². The third-order valence-electron chi connectivity index (χ3n) is 4.54. The summed E-state index contributed by atoms with van der Waals surface area (Å²) in [6, 6.07) is 0.321. The molecule has 0 unspecified atom stereocenters. The van der Waals surface area contributed by atoms with Crippen molar-refractivity contribution in [3.63, 3.8) is 0 Å². The van der Waals surface area contributed by atoms with Crippen LogP contribution in [0.3, 0.4) is 0 Å². The first-order valence-corrected chi connectivity index (χ1v) is 13.8. The van der Waals surface area contributed by atoms with Crippen molar-refractivity contribution in [3.05, 3.63) is 44.8 Å². The van der Waals surface area contributed by atoms with Gasteiger partial charge in [-0.25, -0.2) is 24.5 Å². The van der Waals surface area contributed by atoms with Crippen LogP contribution in [0.1, 0.15) is 22.6 Å². The van der Waals surface area contributed by atoms with E-state index in [-0.39, 0.29) is 12.1 Å². The van der Waals surface area contributed by atoms with Crippen molar-refractivity contribution in [2.75, 3.05) is 18.9 Å². The smallest absolute Gasteiger partial charge is 0.444 e. The van der Waals surface area contributed by atoms with E-state index in [1.54, 1.807) is 0 Å². The number of amides is 2. The summed E-state index contributed by atoms with van der Waals surface area (Å²) >= 11 is 44.6. The van der Waals surface area contributed by atoms with E-state index in [2.05, 4.69) is 24.4 Å². The molecule has 256 valence electrons. The van der Waals surface area contributed by atoms with E-state index in [1.165, 1.54) is 0 Å². The van der Waals surface area contributed by atoms with Crippen molar-refractivity contribution in [2.24, 2.45) is 4.99 Å². The molecule has 0 atom stereocenters. The molecule has 0 aliphatic carbocycles. The van der Waals surface area contributed by atoms with Gasteiger partial charge in [-0.3, -0.25) is 0 Å². The predicted octanol–water partition coefficient (Wildman–Crippen LogP) is 9.82. The second kappa shape index (κ2) is 14.4. The summed E-state index contributed by atoms with van der Waals surface area (Å²) in [6.45, 7) is -2.55. The first-order chi connectivity index (χ1) is 20.5. The highest BCUT2D eigenvalue weighted by Crippen LogP contribution is 2.42. The lowest BCUT2D eigenvalue weighted by Crippen LogP contribution is -2.45. The van der Waals surface area contributed by atoms with E-state index in [1.807, 2.05) is 0 Å². The number of nitrogens with zero attached hydrogens (tertiary/aromatic N) is 4. The Kier molecular flexibility index (Phi) is 12.6. The number of nitrogens with two attached hydrogens (primary N) is 1. The molecule has 2 amide bonds. The molecular formula is C20H8Cl8F9N5O4. The molecule has 26 heteroatoms. The molecule has 0 bridgehead atoms. The standard InChI is InChI=1S/C20H8Cl8F9N5O4/c21-6-1-5(18(29,30)31)2-7(22)9(6)39-12(8-10(19(32,33)34)40-13(20(35,36)37)41-11(8)38)42(14(43)45-3-16(23,24)25)15(44)46-4-17(26,27)28/h1-2H,3-4H2,(H2,38,40,41). The Hall–Kier alpha value is -1.80. The molecule has 2 aromatic rings. The minimum atomic E-state index is -5.92. The third-order valence-corrected chi connectivity index (χ3v) is 5.77. The zero-order valence-electron chi connectivity index (χ0n) is 21.0. The zero-order chi connectivity index (χ0) is 35.8. The Morgan fingerprint density at radius 3 is 1.54 bits per heavy atom. The molecule has 46 heavy (non-hydrogen) atoms. The topological polar surface area (TPSA) is 120 Å². The molecule has 0 saturated carbocycles. The number of carbonyl (C=O) groups is 2. The maximum atomic E-state index is 14.2. The molecule has 0 spiro atoms. The monoisotopic (exact) mass is 833 g/mol. The fraction of sp³-hybridized carbons (Fsp3) is 0.350. The number of aliphatic imine (C=N–C) groups is 1. The van der Waals surface area contributed by atoms with Gasteiger partial charge in [0.25, 0.3) is 0 Å². The van der Waals surface area contributed by atoms with Gasteiger partial charge in [-0.1, -0.05) is 92.8 Å². The highest BCUT2D eigenvalue weighted by atomic mass is 35.6. The van der Waals surface area contributed by atoms with E-state index in [0.29, 0.717) is 0 Å². The maximum Gasteiger partial charge on any atom is 0.451 e. The first kappa shape index (κ1) is 40.4. The molecular weight excluding hydrogens is 829 g/mol. The van der Waals surface area contributed by atoms with Crippen LogP contribution in [0.15, 0.2) is 17.1 Å². The first-order valence-electron chi connectivity index (χ1n) is 10.8. The van der Waals surface area contributed by atoms with E-state index >= 15 is 0 Å². The van der Waals surface area contributed by atoms with Gasteiger partial charge in [-0.15, -0.1) is 0 Å². The van der Waals surface area contributed by atoms with Gasteiger partial charge in [0.1, 0.15) is 24.7 Å². The number of carbonyl (C=O) groups excluding carboxylic acids is 2. The van der Waals surface area contributed by atoms with Gasteiger partial charge in [0, 0.05) is 0 Å². The van der Waals surface area contributed by atoms with Gasteiger partial charge >= 0.3 is 30.7 Å². The number of hydrogen-bond acceptors (Lipinski definition) is 8. The molecule has 0 aliphatic rings. The molecule has 1 aromatic heterocycles. The van der Waals surface area contributed by atoms with Crippen molar-refractivity contribution in [3.8, 4) is 0 Å². The molecule has 0 saturated heterocycles. The molecule has 1 heterocycles. The molecule has 0 aliphatic heterocycles. The predicted molar refractivity (Wildman–Crippen MR) is 149 cm³/mol. The summed E-state index contributed by atoms with van der Waals surface area (Å²) in [5, 5.41) is -2.19.